The summed E-state index contributed by atoms with van der Waals surface area (Å²) in [5.41, 5.74) is -0.710. The highest BCUT2D eigenvalue weighted by molar-refractivity contribution is 6.30. The van der Waals surface area contributed by atoms with E-state index in [1.54, 1.807) is 87.5 Å². The molecule has 9 heteroatoms. The van der Waals surface area contributed by atoms with Crippen molar-refractivity contribution in [2.24, 2.45) is 0 Å². The summed E-state index contributed by atoms with van der Waals surface area (Å²) in [4.78, 5) is 41.0. The molecule has 190 valence electrons. The lowest BCUT2D eigenvalue weighted by Crippen LogP contribution is -2.51. The van der Waals surface area contributed by atoms with Crippen molar-refractivity contribution in [2.45, 2.75) is 49.9 Å². The Morgan fingerprint density at radius 1 is 1.05 bits per heavy atom. The fraction of sp³-hybridized carbons (Fsp3) is 0.286. The summed E-state index contributed by atoms with van der Waals surface area (Å²) in [5, 5.41) is 24.0. The van der Waals surface area contributed by atoms with E-state index in [4.69, 9.17) is 16.3 Å². The number of aliphatic hydroxyl groups excluding tert-OH is 1. The molecule has 3 aromatic rings. The van der Waals surface area contributed by atoms with Gasteiger partial charge in [0.1, 0.15) is 17.1 Å². The fourth-order valence-electron chi connectivity index (χ4n) is 5.71. The van der Waals surface area contributed by atoms with Crippen LogP contribution < -0.4 is 4.90 Å². The number of hydrogen-bond donors (Lipinski definition) is 1. The molecule has 0 unspecified atom stereocenters. The second-order valence-electron chi connectivity index (χ2n) is 10.3. The molecule has 37 heavy (non-hydrogen) atoms. The Kier molecular flexibility index (Phi) is 5.84. The van der Waals surface area contributed by atoms with E-state index < -0.39 is 46.0 Å². The van der Waals surface area contributed by atoms with Crippen LogP contribution in [0.4, 0.5) is 10.5 Å². The fourth-order valence-corrected chi connectivity index (χ4v) is 5.89. The number of aliphatic hydroxyl groups is 1. The SMILES string of the molecule is CC(C)(C)OC(=O)N1C(=O)[C@@](c2ccccc2)([C@H]2c3ccc(Cl)cc3[C@@H](O)[C@H]2[N+](=O)[O-])c2ccccc21. The minimum atomic E-state index is -1.70. The molecule has 0 radical (unpaired) electrons. The summed E-state index contributed by atoms with van der Waals surface area (Å²) in [5.74, 6) is -1.82. The molecule has 5 rings (SSSR count). The number of nitro groups is 1. The number of para-hydroxylation sites is 1. The van der Waals surface area contributed by atoms with Crippen LogP contribution >= 0.6 is 11.6 Å². The van der Waals surface area contributed by atoms with Crippen LogP contribution in [0.15, 0.2) is 72.8 Å². The first-order valence-electron chi connectivity index (χ1n) is 11.8. The van der Waals surface area contributed by atoms with Crippen LogP contribution in [-0.2, 0) is 14.9 Å². The molecule has 3 aromatic carbocycles. The van der Waals surface area contributed by atoms with Crippen molar-refractivity contribution in [3.05, 3.63) is 110 Å². The highest BCUT2D eigenvalue weighted by Gasteiger charge is 2.67. The first-order chi connectivity index (χ1) is 17.5. The number of carbonyl (C=O) groups excluding carboxylic acids is 2. The van der Waals surface area contributed by atoms with Crippen molar-refractivity contribution >= 4 is 29.3 Å². The molecule has 0 saturated carbocycles. The number of amides is 2. The smallest absolute Gasteiger partial charge is 0.421 e. The molecule has 2 aliphatic rings. The normalized spacial score (nSPS) is 24.5. The predicted octanol–water partition coefficient (Wildman–Crippen LogP) is 5.38. The molecule has 0 spiro atoms. The summed E-state index contributed by atoms with van der Waals surface area (Å²) in [6, 6.07) is 18.5. The zero-order valence-electron chi connectivity index (χ0n) is 20.4. The number of imide groups is 1. The van der Waals surface area contributed by atoms with Gasteiger partial charge in [0, 0.05) is 9.95 Å². The van der Waals surface area contributed by atoms with E-state index in [1.165, 1.54) is 6.07 Å². The van der Waals surface area contributed by atoms with Gasteiger partial charge in [0.2, 0.25) is 0 Å². The van der Waals surface area contributed by atoms with Crippen LogP contribution in [0, 0.1) is 10.1 Å². The van der Waals surface area contributed by atoms with Crippen molar-refractivity contribution in [3.8, 4) is 0 Å². The molecular formula is C28H25ClN2O6. The van der Waals surface area contributed by atoms with Gasteiger partial charge in [0.05, 0.1) is 11.6 Å². The van der Waals surface area contributed by atoms with Crippen LogP contribution in [0.2, 0.25) is 5.02 Å². The molecule has 2 amide bonds. The topological polar surface area (TPSA) is 110 Å². The number of hydrogen-bond acceptors (Lipinski definition) is 6. The monoisotopic (exact) mass is 520 g/mol. The molecular weight excluding hydrogens is 496 g/mol. The Balaban J connectivity index is 1.85. The Hall–Kier alpha value is -3.75. The Bertz CT molecular complexity index is 1420. The van der Waals surface area contributed by atoms with Crippen molar-refractivity contribution < 1.29 is 24.4 Å². The maximum absolute atomic E-state index is 14.6. The lowest BCUT2D eigenvalue weighted by Gasteiger charge is -2.36. The third-order valence-electron chi connectivity index (χ3n) is 6.99. The largest absolute Gasteiger partial charge is 0.443 e. The third-order valence-corrected chi connectivity index (χ3v) is 7.23. The van der Waals surface area contributed by atoms with Gasteiger partial charge in [-0.05, 0) is 61.2 Å². The lowest BCUT2D eigenvalue weighted by atomic mass is 9.63. The predicted molar refractivity (Wildman–Crippen MR) is 137 cm³/mol. The summed E-state index contributed by atoms with van der Waals surface area (Å²) in [6.45, 7) is 5.08. The van der Waals surface area contributed by atoms with Gasteiger partial charge in [0.15, 0.2) is 0 Å². The van der Waals surface area contributed by atoms with Crippen molar-refractivity contribution in [3.63, 3.8) is 0 Å². The second-order valence-corrected chi connectivity index (χ2v) is 10.7. The maximum atomic E-state index is 14.6. The van der Waals surface area contributed by atoms with E-state index in [1.807, 2.05) is 0 Å². The molecule has 0 fully saturated rings. The van der Waals surface area contributed by atoms with Crippen LogP contribution in [0.5, 0.6) is 0 Å². The summed E-state index contributed by atoms with van der Waals surface area (Å²) >= 11 is 6.19. The number of benzene rings is 3. The van der Waals surface area contributed by atoms with Gasteiger partial charge in [-0.15, -0.1) is 0 Å². The molecule has 8 nitrogen and oxygen atoms in total. The summed E-state index contributed by atoms with van der Waals surface area (Å²) in [6.07, 6.45) is -2.39. The zero-order chi connectivity index (χ0) is 26.7. The van der Waals surface area contributed by atoms with Gasteiger partial charge in [-0.3, -0.25) is 14.9 Å². The minimum absolute atomic E-state index is 0.282. The van der Waals surface area contributed by atoms with Gasteiger partial charge in [-0.2, -0.15) is 0 Å². The van der Waals surface area contributed by atoms with Crippen LogP contribution in [0.3, 0.4) is 0 Å². The van der Waals surface area contributed by atoms with Crippen LogP contribution in [0.25, 0.3) is 0 Å². The molecule has 4 atom stereocenters. The highest BCUT2D eigenvalue weighted by Crippen LogP contribution is 2.60. The van der Waals surface area contributed by atoms with E-state index in [9.17, 15) is 24.8 Å². The van der Waals surface area contributed by atoms with E-state index in [0.717, 1.165) is 4.90 Å². The van der Waals surface area contributed by atoms with Gasteiger partial charge in [0.25, 0.3) is 11.9 Å². The zero-order valence-corrected chi connectivity index (χ0v) is 21.2. The van der Waals surface area contributed by atoms with Gasteiger partial charge < -0.3 is 9.84 Å². The first kappa shape index (κ1) is 24.9. The number of nitrogens with zero attached hydrogens (tertiary/aromatic N) is 2. The molecule has 0 saturated heterocycles. The molecule has 0 aromatic heterocycles. The van der Waals surface area contributed by atoms with E-state index in [2.05, 4.69) is 0 Å². The van der Waals surface area contributed by atoms with E-state index in [0.29, 0.717) is 21.7 Å². The second kappa shape index (κ2) is 8.68. The molecule has 1 aliphatic carbocycles. The number of carbonyl (C=O) groups is 2. The summed E-state index contributed by atoms with van der Waals surface area (Å²) < 4.78 is 5.59. The molecule has 1 heterocycles. The van der Waals surface area contributed by atoms with Gasteiger partial charge in [-0.1, -0.05) is 66.2 Å². The van der Waals surface area contributed by atoms with Crippen LogP contribution in [-0.4, -0.2) is 33.7 Å². The third kappa shape index (κ3) is 3.70. The average Bonchev–Trinajstić information content (AvgIpc) is 3.27. The highest BCUT2D eigenvalue weighted by atomic mass is 35.5. The Morgan fingerprint density at radius 2 is 1.70 bits per heavy atom. The lowest BCUT2D eigenvalue weighted by molar-refractivity contribution is -0.538. The van der Waals surface area contributed by atoms with Crippen LogP contribution in [0.1, 0.15) is 55.0 Å². The number of fused-ring (bicyclic) bond motifs is 2. The maximum Gasteiger partial charge on any atom is 0.421 e. The molecule has 1 aliphatic heterocycles. The van der Waals surface area contributed by atoms with Crippen molar-refractivity contribution in [1.82, 2.24) is 0 Å². The number of halogens is 1. The standard InChI is InChI=1S/C28H25ClN2O6/c1-27(2,3)37-26(34)30-21-12-8-7-11-20(21)28(25(30)33,16-9-5-4-6-10-16)22-18-14-13-17(29)15-19(18)24(32)23(22)31(35)36/h4-15,22-24,32H,1-3H3/t22-,23-,24+,28+/m0/s1. The minimum Gasteiger partial charge on any atom is -0.443 e. The quantitative estimate of drug-likeness (QED) is 0.366. The first-order valence-corrected chi connectivity index (χ1v) is 12.2. The van der Waals surface area contributed by atoms with Gasteiger partial charge in [-0.25, -0.2) is 9.69 Å². The molecule has 1 N–H and O–H groups in total. The number of rotatable bonds is 3. The summed E-state index contributed by atoms with van der Waals surface area (Å²) in [7, 11) is 0. The van der Waals surface area contributed by atoms with Crippen molar-refractivity contribution in [2.75, 3.05) is 4.90 Å². The Morgan fingerprint density at radius 3 is 2.35 bits per heavy atom. The van der Waals surface area contributed by atoms with E-state index >= 15 is 0 Å². The van der Waals surface area contributed by atoms with E-state index in [-0.39, 0.29) is 11.3 Å². The Labute approximate surface area is 218 Å². The van der Waals surface area contributed by atoms with Gasteiger partial charge >= 0.3 is 6.09 Å². The number of ether oxygens (including phenoxy) is 1. The van der Waals surface area contributed by atoms with Crippen molar-refractivity contribution in [1.29, 1.82) is 0 Å². The average molecular weight is 521 g/mol. The molecule has 0 bridgehead atoms. The number of anilines is 1.